The Morgan fingerprint density at radius 2 is 1.93 bits per heavy atom. The van der Waals surface area contributed by atoms with E-state index in [1.807, 2.05) is 43.3 Å². The number of allylic oxidation sites excluding steroid dienone is 1. The molecule has 4 rings (SSSR count). The summed E-state index contributed by atoms with van der Waals surface area (Å²) >= 11 is 7.53. The molecule has 1 saturated heterocycles. The fourth-order valence-electron chi connectivity index (χ4n) is 3.63. The quantitative estimate of drug-likeness (QED) is 0.693. The van der Waals surface area contributed by atoms with Crippen molar-refractivity contribution in [3.05, 3.63) is 69.7 Å². The first-order valence-corrected chi connectivity index (χ1v) is 10.8. The molecule has 29 heavy (non-hydrogen) atoms. The zero-order chi connectivity index (χ0) is 20.4. The number of rotatable bonds is 4. The van der Waals surface area contributed by atoms with Crippen LogP contribution in [0, 0.1) is 11.3 Å². The van der Waals surface area contributed by atoms with Crippen LogP contribution in [0.5, 0.6) is 5.75 Å². The van der Waals surface area contributed by atoms with Gasteiger partial charge in [-0.3, -0.25) is 9.69 Å². The number of hydrogen-bond acceptors (Lipinski definition) is 5. The van der Waals surface area contributed by atoms with Gasteiger partial charge in [-0.1, -0.05) is 35.5 Å². The Labute approximate surface area is 179 Å². The molecule has 0 spiro atoms. The van der Waals surface area contributed by atoms with E-state index in [-0.39, 0.29) is 18.2 Å². The van der Waals surface area contributed by atoms with Crippen LogP contribution in [0.4, 0.5) is 5.69 Å². The van der Waals surface area contributed by atoms with E-state index >= 15 is 0 Å². The monoisotopic (exact) mass is 425 g/mol. The van der Waals surface area contributed by atoms with E-state index in [4.69, 9.17) is 16.3 Å². The molecule has 0 bridgehead atoms. The number of amides is 1. The van der Waals surface area contributed by atoms with Crippen LogP contribution in [0.25, 0.3) is 0 Å². The van der Waals surface area contributed by atoms with E-state index in [9.17, 15) is 10.1 Å². The lowest BCUT2D eigenvalue weighted by atomic mass is 9.86. The Morgan fingerprint density at radius 3 is 2.59 bits per heavy atom. The fourth-order valence-corrected chi connectivity index (χ4v) is 4.92. The number of carbonyl (C=O) groups excluding carboxylic acids is 1. The van der Waals surface area contributed by atoms with E-state index in [1.54, 1.807) is 17.0 Å². The van der Waals surface area contributed by atoms with Gasteiger partial charge in [-0.2, -0.15) is 5.26 Å². The summed E-state index contributed by atoms with van der Waals surface area (Å²) in [6.45, 7) is 3.02. The van der Waals surface area contributed by atoms with Gasteiger partial charge in [-0.25, -0.2) is 0 Å². The summed E-state index contributed by atoms with van der Waals surface area (Å²) in [5.41, 5.74) is 2.62. The minimum atomic E-state index is -0.222. The van der Waals surface area contributed by atoms with Crippen molar-refractivity contribution < 1.29 is 9.53 Å². The highest BCUT2D eigenvalue weighted by atomic mass is 35.5. The van der Waals surface area contributed by atoms with Crippen LogP contribution in [-0.4, -0.2) is 30.0 Å². The molecule has 1 fully saturated rings. The van der Waals surface area contributed by atoms with Gasteiger partial charge in [-0.15, -0.1) is 0 Å². The van der Waals surface area contributed by atoms with Crippen molar-refractivity contribution in [1.29, 1.82) is 5.26 Å². The molecule has 1 amide bonds. The fraction of sp³-hybridized carbons (Fsp3) is 0.273. The summed E-state index contributed by atoms with van der Waals surface area (Å²) in [5.74, 6) is 1.31. The van der Waals surface area contributed by atoms with Gasteiger partial charge in [0.05, 0.1) is 35.8 Å². The molecule has 0 saturated carbocycles. The molecule has 0 N–H and O–H groups in total. The van der Waals surface area contributed by atoms with E-state index in [0.717, 1.165) is 22.0 Å². The lowest BCUT2D eigenvalue weighted by Gasteiger charge is -2.42. The molecular weight excluding hydrogens is 406 g/mol. The summed E-state index contributed by atoms with van der Waals surface area (Å²) in [6, 6.07) is 17.6. The first-order chi connectivity index (χ1) is 14.1. The Bertz CT molecular complexity index is 983. The molecular formula is C22H20ClN3O2S. The van der Waals surface area contributed by atoms with E-state index in [0.29, 0.717) is 29.7 Å². The van der Waals surface area contributed by atoms with Gasteiger partial charge in [0, 0.05) is 23.0 Å². The van der Waals surface area contributed by atoms with Crippen molar-refractivity contribution >= 4 is 35.0 Å². The average Bonchev–Trinajstić information content (AvgIpc) is 2.75. The molecule has 2 aliphatic rings. The number of nitriles is 1. The largest absolute Gasteiger partial charge is 0.494 e. The van der Waals surface area contributed by atoms with Crippen molar-refractivity contribution in [2.75, 3.05) is 24.1 Å². The number of nitrogens with zero attached hydrogens (tertiary/aromatic N) is 3. The van der Waals surface area contributed by atoms with Crippen LogP contribution < -0.4 is 9.64 Å². The number of benzene rings is 2. The summed E-state index contributed by atoms with van der Waals surface area (Å²) in [6.07, 6.45) is 0.283. The predicted molar refractivity (Wildman–Crippen MR) is 116 cm³/mol. The van der Waals surface area contributed by atoms with Gasteiger partial charge >= 0.3 is 0 Å². The molecule has 1 atom stereocenters. The smallest absolute Gasteiger partial charge is 0.229 e. The SMILES string of the molecule is CCOc1ccc(N2CSC3=C(C#N)C(c4ccc(Cl)cc4)CC(=O)N3C2)cc1. The number of anilines is 1. The van der Waals surface area contributed by atoms with Crippen molar-refractivity contribution in [3.8, 4) is 11.8 Å². The molecule has 5 nitrogen and oxygen atoms in total. The van der Waals surface area contributed by atoms with Gasteiger partial charge < -0.3 is 9.64 Å². The second kappa shape index (κ2) is 8.40. The number of halogens is 1. The zero-order valence-electron chi connectivity index (χ0n) is 16.0. The minimum Gasteiger partial charge on any atom is -0.494 e. The summed E-state index contributed by atoms with van der Waals surface area (Å²) in [4.78, 5) is 16.8. The maximum atomic E-state index is 13.0. The Balaban J connectivity index is 1.59. The highest BCUT2D eigenvalue weighted by molar-refractivity contribution is 8.03. The lowest BCUT2D eigenvalue weighted by molar-refractivity contribution is -0.129. The topological polar surface area (TPSA) is 56.6 Å². The lowest BCUT2D eigenvalue weighted by Crippen LogP contribution is -2.47. The number of fused-ring (bicyclic) bond motifs is 1. The molecule has 0 radical (unpaired) electrons. The number of hydrogen-bond donors (Lipinski definition) is 0. The van der Waals surface area contributed by atoms with E-state index in [1.165, 1.54) is 11.8 Å². The predicted octanol–water partition coefficient (Wildman–Crippen LogP) is 4.96. The van der Waals surface area contributed by atoms with Gasteiger partial charge in [0.1, 0.15) is 5.75 Å². The van der Waals surface area contributed by atoms with Gasteiger partial charge in [-0.05, 0) is 48.9 Å². The summed E-state index contributed by atoms with van der Waals surface area (Å²) in [5, 5.41) is 11.3. The Hall–Kier alpha value is -2.62. The van der Waals surface area contributed by atoms with Crippen LogP contribution in [0.2, 0.25) is 5.02 Å². The summed E-state index contributed by atoms with van der Waals surface area (Å²) in [7, 11) is 0. The third-order valence-corrected chi connectivity index (χ3v) is 6.49. The third-order valence-electron chi connectivity index (χ3n) is 5.08. The van der Waals surface area contributed by atoms with Gasteiger partial charge in [0.2, 0.25) is 5.91 Å². The second-order valence-corrected chi connectivity index (χ2v) is 8.21. The van der Waals surface area contributed by atoms with Crippen molar-refractivity contribution in [2.45, 2.75) is 19.3 Å². The van der Waals surface area contributed by atoms with Crippen LogP contribution >= 0.6 is 23.4 Å². The van der Waals surface area contributed by atoms with Crippen molar-refractivity contribution in [2.24, 2.45) is 0 Å². The van der Waals surface area contributed by atoms with Crippen LogP contribution in [0.3, 0.4) is 0 Å². The van der Waals surface area contributed by atoms with E-state index in [2.05, 4.69) is 11.0 Å². The molecule has 0 aliphatic carbocycles. The van der Waals surface area contributed by atoms with Crippen molar-refractivity contribution in [3.63, 3.8) is 0 Å². The highest BCUT2D eigenvalue weighted by Crippen LogP contribution is 2.43. The number of ether oxygens (including phenoxy) is 1. The second-order valence-electron chi connectivity index (χ2n) is 6.84. The van der Waals surface area contributed by atoms with Crippen LogP contribution in [0.15, 0.2) is 59.1 Å². The standard InChI is InChI=1S/C22H20ClN3O2S/c1-2-28-18-9-7-17(8-10-18)25-13-26-21(27)11-19(15-3-5-16(23)6-4-15)20(12-24)22(26)29-14-25/h3-10,19H,2,11,13-14H2,1H3. The Kier molecular flexibility index (Phi) is 5.70. The molecule has 2 aliphatic heterocycles. The minimum absolute atomic E-state index is 0.0297. The highest BCUT2D eigenvalue weighted by Gasteiger charge is 2.38. The zero-order valence-corrected chi connectivity index (χ0v) is 17.5. The first kappa shape index (κ1) is 19.7. The molecule has 2 aromatic rings. The Morgan fingerprint density at radius 1 is 1.21 bits per heavy atom. The van der Waals surface area contributed by atoms with Crippen LogP contribution in [-0.2, 0) is 4.79 Å². The normalized spacial score (nSPS) is 19.1. The number of carbonyl (C=O) groups is 1. The maximum absolute atomic E-state index is 13.0. The first-order valence-electron chi connectivity index (χ1n) is 9.41. The third kappa shape index (κ3) is 3.93. The van der Waals surface area contributed by atoms with Crippen LogP contribution in [0.1, 0.15) is 24.8 Å². The maximum Gasteiger partial charge on any atom is 0.229 e. The van der Waals surface area contributed by atoms with E-state index < -0.39 is 0 Å². The average molecular weight is 426 g/mol. The molecule has 2 aromatic carbocycles. The summed E-state index contributed by atoms with van der Waals surface area (Å²) < 4.78 is 5.50. The molecule has 0 aromatic heterocycles. The molecule has 2 heterocycles. The molecule has 148 valence electrons. The van der Waals surface area contributed by atoms with Gasteiger partial charge in [0.25, 0.3) is 0 Å². The molecule has 1 unspecified atom stereocenters. The van der Waals surface area contributed by atoms with Crippen molar-refractivity contribution in [1.82, 2.24) is 4.90 Å². The number of thioether (sulfide) groups is 1. The molecule has 7 heteroatoms. The van der Waals surface area contributed by atoms with Gasteiger partial charge in [0.15, 0.2) is 0 Å².